The van der Waals surface area contributed by atoms with Gasteiger partial charge in [-0.3, -0.25) is 0 Å². The Labute approximate surface area is 72.2 Å². The van der Waals surface area contributed by atoms with Crippen molar-refractivity contribution in [1.82, 2.24) is 4.81 Å². The Morgan fingerprint density at radius 1 is 1.29 bits per heavy atom. The van der Waals surface area contributed by atoms with Crippen LogP contribution in [-0.2, 0) is 32.7 Å². The minimum atomic E-state index is 0. The molecule has 0 aliphatic heterocycles. The summed E-state index contributed by atoms with van der Waals surface area (Å²) >= 11 is 0. The quantitative estimate of drug-likeness (QED) is 0.417. The topological polar surface area (TPSA) is 3.24 Å². The summed E-state index contributed by atoms with van der Waals surface area (Å²) in [6, 6.07) is 0. The van der Waals surface area contributed by atoms with Crippen molar-refractivity contribution in [3.63, 3.8) is 0 Å². The van der Waals surface area contributed by atoms with Gasteiger partial charge in [0.25, 0.3) is 0 Å². The van der Waals surface area contributed by atoms with E-state index in [1.54, 1.807) is 0 Å². The molecule has 37 valence electrons. The largest absolute Gasteiger partial charge is 0.410 e. The molecular formula is C4H8BNY-2. The predicted molar refractivity (Wildman–Crippen MR) is 28.0 cm³/mol. The van der Waals surface area contributed by atoms with Crippen LogP contribution in [-0.4, -0.2) is 25.9 Å². The van der Waals surface area contributed by atoms with Gasteiger partial charge in [0.2, 0.25) is 0 Å². The molecule has 0 rings (SSSR count). The van der Waals surface area contributed by atoms with Crippen molar-refractivity contribution in [3.8, 4) is 0 Å². The fraction of sp³-hybridized carbons (Fsp3) is 0.500. The van der Waals surface area contributed by atoms with Crippen molar-refractivity contribution < 1.29 is 32.7 Å². The Balaban J connectivity index is 0. The van der Waals surface area contributed by atoms with E-state index in [1.807, 2.05) is 0 Å². The first-order chi connectivity index (χ1) is 2.81. The number of hydrogen-bond donors (Lipinski definition) is 0. The first kappa shape index (κ1) is 11.0. The molecule has 0 amide bonds. The maximum atomic E-state index is 5.18. The van der Waals surface area contributed by atoms with Gasteiger partial charge in [0, 0.05) is 32.7 Å². The van der Waals surface area contributed by atoms with Crippen LogP contribution in [0.3, 0.4) is 0 Å². The van der Waals surface area contributed by atoms with Crippen molar-refractivity contribution in [1.29, 1.82) is 0 Å². The first-order valence-corrected chi connectivity index (χ1v) is 1.89. The molecule has 0 aromatic heterocycles. The van der Waals surface area contributed by atoms with Crippen LogP contribution in [0.1, 0.15) is 0 Å². The van der Waals surface area contributed by atoms with Gasteiger partial charge in [0.15, 0.2) is 7.98 Å². The van der Waals surface area contributed by atoms with Crippen LogP contribution in [0, 0.1) is 13.8 Å². The predicted octanol–water partition coefficient (Wildman–Crippen LogP) is 0.0376. The second-order valence-corrected chi connectivity index (χ2v) is 1.04. The molecule has 0 aliphatic rings. The molecule has 0 fully saturated rings. The Morgan fingerprint density at radius 2 is 1.57 bits per heavy atom. The maximum absolute atomic E-state index is 5.18. The monoisotopic (exact) mass is 170 g/mol. The summed E-state index contributed by atoms with van der Waals surface area (Å²) in [5.41, 5.74) is 0. The number of nitrogens with zero attached hydrogens (tertiary/aromatic N) is 1. The van der Waals surface area contributed by atoms with Crippen molar-refractivity contribution in [2.24, 2.45) is 0 Å². The smallest absolute Gasteiger partial charge is 0.176 e. The van der Waals surface area contributed by atoms with E-state index in [1.165, 1.54) is 4.81 Å². The van der Waals surface area contributed by atoms with Crippen LogP contribution in [0.25, 0.3) is 0 Å². The first-order valence-electron chi connectivity index (χ1n) is 1.89. The molecule has 0 bridgehead atoms. The summed E-state index contributed by atoms with van der Waals surface area (Å²) in [6.45, 7) is 8.29. The van der Waals surface area contributed by atoms with E-state index in [4.69, 9.17) is 7.98 Å². The van der Waals surface area contributed by atoms with E-state index in [0.29, 0.717) is 13.1 Å². The molecule has 0 saturated heterocycles. The SMILES string of the molecule is [B]N(C[CH2-])C[CH2-].[Y]. The molecule has 0 spiro atoms. The molecule has 0 heterocycles. The van der Waals surface area contributed by atoms with Gasteiger partial charge in [-0.2, -0.15) is 0 Å². The van der Waals surface area contributed by atoms with Crippen molar-refractivity contribution in [2.75, 3.05) is 13.1 Å². The normalized spacial score (nSPS) is 8.43. The Morgan fingerprint density at radius 3 is 1.57 bits per heavy atom. The molecular weight excluding hydrogens is 162 g/mol. The zero-order valence-corrected chi connectivity index (χ0v) is 7.27. The summed E-state index contributed by atoms with van der Waals surface area (Å²) in [7, 11) is 5.18. The van der Waals surface area contributed by atoms with E-state index >= 15 is 0 Å². The third kappa shape index (κ3) is 7.13. The molecule has 0 aliphatic carbocycles. The van der Waals surface area contributed by atoms with Gasteiger partial charge < -0.3 is 18.7 Å². The van der Waals surface area contributed by atoms with E-state index in [-0.39, 0.29) is 32.7 Å². The van der Waals surface area contributed by atoms with Crippen LogP contribution in [0.5, 0.6) is 0 Å². The van der Waals surface area contributed by atoms with Crippen LogP contribution in [0.4, 0.5) is 0 Å². The van der Waals surface area contributed by atoms with Crippen LogP contribution in [0.15, 0.2) is 0 Å². The average molecular weight is 170 g/mol. The minimum Gasteiger partial charge on any atom is -0.410 e. The van der Waals surface area contributed by atoms with Crippen LogP contribution < -0.4 is 0 Å². The summed E-state index contributed by atoms with van der Waals surface area (Å²) in [6.07, 6.45) is 0. The maximum Gasteiger partial charge on any atom is 0.176 e. The van der Waals surface area contributed by atoms with Crippen molar-refractivity contribution >= 4 is 7.98 Å². The van der Waals surface area contributed by atoms with E-state index in [2.05, 4.69) is 13.8 Å². The number of rotatable bonds is 2. The third-order valence-corrected chi connectivity index (χ3v) is 0.574. The molecule has 0 aromatic rings. The van der Waals surface area contributed by atoms with Crippen molar-refractivity contribution in [3.05, 3.63) is 13.8 Å². The Hall–Kier alpha value is 1.13. The van der Waals surface area contributed by atoms with Gasteiger partial charge in [-0.1, -0.05) is 0 Å². The van der Waals surface area contributed by atoms with Crippen LogP contribution >= 0.6 is 0 Å². The number of hydrogen-bond acceptors (Lipinski definition) is 1. The van der Waals surface area contributed by atoms with Gasteiger partial charge >= 0.3 is 0 Å². The van der Waals surface area contributed by atoms with Gasteiger partial charge in [-0.15, -0.1) is 13.1 Å². The summed E-state index contributed by atoms with van der Waals surface area (Å²) in [4.78, 5) is 1.53. The third-order valence-electron chi connectivity index (χ3n) is 0.574. The van der Waals surface area contributed by atoms with E-state index < -0.39 is 0 Å². The van der Waals surface area contributed by atoms with Gasteiger partial charge in [-0.25, -0.2) is 0 Å². The summed E-state index contributed by atoms with van der Waals surface area (Å²) in [5, 5.41) is 0. The second kappa shape index (κ2) is 7.13. The molecule has 3 heteroatoms. The molecule has 0 unspecified atom stereocenters. The fourth-order valence-corrected chi connectivity index (χ4v) is 0.112. The molecule has 1 nitrogen and oxygen atoms in total. The molecule has 0 saturated carbocycles. The van der Waals surface area contributed by atoms with E-state index in [9.17, 15) is 0 Å². The summed E-state index contributed by atoms with van der Waals surface area (Å²) < 4.78 is 0. The Bertz CT molecular complexity index is 30.9. The second-order valence-electron chi connectivity index (χ2n) is 1.04. The van der Waals surface area contributed by atoms with Crippen molar-refractivity contribution in [2.45, 2.75) is 0 Å². The fourth-order valence-electron chi connectivity index (χ4n) is 0.112. The molecule has 3 radical (unpaired) electrons. The average Bonchev–Trinajstić information content (AvgIpc) is 1.65. The van der Waals surface area contributed by atoms with Gasteiger partial charge in [-0.05, 0) is 0 Å². The summed E-state index contributed by atoms with van der Waals surface area (Å²) in [5.74, 6) is 0. The molecule has 7 heavy (non-hydrogen) atoms. The Kier molecular flexibility index (Phi) is 11.2. The minimum absolute atomic E-state index is 0. The molecule has 0 atom stereocenters. The zero-order valence-electron chi connectivity index (χ0n) is 4.43. The standard InChI is InChI=1S/C4H8BN.Y/c1-3-6(5)4-2;/h1-4H2;/q-2;. The zero-order chi connectivity index (χ0) is 4.99. The van der Waals surface area contributed by atoms with Gasteiger partial charge in [0.1, 0.15) is 0 Å². The molecule has 0 N–H and O–H groups in total. The van der Waals surface area contributed by atoms with Gasteiger partial charge in [0.05, 0.1) is 0 Å². The molecule has 0 aromatic carbocycles. The van der Waals surface area contributed by atoms with Crippen LogP contribution in [0.2, 0.25) is 0 Å². The van der Waals surface area contributed by atoms with E-state index in [0.717, 1.165) is 0 Å².